The van der Waals surface area contributed by atoms with Crippen molar-refractivity contribution in [1.82, 2.24) is 5.32 Å². The van der Waals surface area contributed by atoms with Gasteiger partial charge in [0.25, 0.3) is 0 Å². The minimum atomic E-state index is -1.95. The molecule has 412 valence electrons. The van der Waals surface area contributed by atoms with Gasteiger partial charge in [-0.1, -0.05) is 98.9 Å². The Labute approximate surface area is 422 Å². The first-order valence-electron chi connectivity index (χ1n) is 24.6. The molecule has 16 N–H and O–H groups in total. The zero-order valence-corrected chi connectivity index (χ0v) is 41.6. The Hall–Kier alpha value is -3.56. The van der Waals surface area contributed by atoms with Crippen molar-refractivity contribution >= 4 is 11.9 Å². The number of hydrogen-bond acceptors (Lipinski definition) is 20. The third kappa shape index (κ3) is 23.3. The molecule has 0 radical (unpaired) electrons. The van der Waals surface area contributed by atoms with Crippen molar-refractivity contribution in [3.05, 3.63) is 85.1 Å². The van der Waals surface area contributed by atoms with Gasteiger partial charge in [0.1, 0.15) is 17.7 Å². The lowest BCUT2D eigenvalue weighted by atomic mass is 9.87. The van der Waals surface area contributed by atoms with Gasteiger partial charge < -0.3 is 96.4 Å². The van der Waals surface area contributed by atoms with Crippen LogP contribution in [0.15, 0.2) is 85.1 Å². The lowest BCUT2D eigenvalue weighted by Crippen LogP contribution is -2.61. The number of aliphatic hydroxyl groups is 13. The maximum atomic E-state index is 14.1. The van der Waals surface area contributed by atoms with E-state index in [1.807, 2.05) is 13.0 Å². The fourth-order valence-corrected chi connectivity index (χ4v) is 7.82. The average molecular weight is 1030 g/mol. The summed E-state index contributed by atoms with van der Waals surface area (Å²) in [6, 6.07) is -1.17. The topological polar surface area (TPSA) is 372 Å². The second kappa shape index (κ2) is 34.8. The molecule has 1 saturated heterocycles. The van der Waals surface area contributed by atoms with Gasteiger partial charge in [0.2, 0.25) is 5.91 Å². The third-order valence-electron chi connectivity index (χ3n) is 12.7. The van der Waals surface area contributed by atoms with Crippen LogP contribution in [0.5, 0.6) is 0 Å². The number of amides is 1. The number of esters is 1. The highest BCUT2D eigenvalue weighted by molar-refractivity contribution is 5.80. The van der Waals surface area contributed by atoms with E-state index in [2.05, 4.69) is 5.32 Å². The first kappa shape index (κ1) is 64.6. The summed E-state index contributed by atoms with van der Waals surface area (Å²) in [4.78, 5) is 26.7. The van der Waals surface area contributed by atoms with E-state index in [0.717, 1.165) is 0 Å². The van der Waals surface area contributed by atoms with Gasteiger partial charge in [-0.05, 0) is 39.0 Å². The number of aliphatic hydroxyl groups excluding tert-OH is 13. The van der Waals surface area contributed by atoms with E-state index in [9.17, 15) is 76.0 Å². The Morgan fingerprint density at radius 1 is 0.708 bits per heavy atom. The lowest BCUT2D eigenvalue weighted by molar-refractivity contribution is -0.255. The van der Waals surface area contributed by atoms with Crippen LogP contribution >= 0.6 is 0 Å². The largest absolute Gasteiger partial charge is 0.462 e. The van der Waals surface area contributed by atoms with Gasteiger partial charge in [-0.25, -0.2) is 0 Å². The van der Waals surface area contributed by atoms with E-state index < -0.39 is 148 Å². The summed E-state index contributed by atoms with van der Waals surface area (Å²) in [6.07, 6.45) is 5.36. The summed E-state index contributed by atoms with van der Waals surface area (Å²) in [6.45, 7) is 1.21. The number of nitrogens with two attached hydrogens (primary N) is 1. The van der Waals surface area contributed by atoms with Crippen LogP contribution in [-0.4, -0.2) is 209 Å². The zero-order valence-electron chi connectivity index (χ0n) is 41.6. The predicted molar refractivity (Wildman–Crippen MR) is 264 cm³/mol. The molecular weight excluding hydrogens is 945 g/mol. The van der Waals surface area contributed by atoms with E-state index >= 15 is 0 Å². The summed E-state index contributed by atoms with van der Waals surface area (Å²) in [5.41, 5.74) is 4.06. The Kier molecular flexibility index (Phi) is 31.2. The highest BCUT2D eigenvalue weighted by atomic mass is 16.7. The van der Waals surface area contributed by atoms with Gasteiger partial charge in [-0.3, -0.25) is 9.59 Å². The summed E-state index contributed by atoms with van der Waals surface area (Å²) in [7, 11) is 0. The highest BCUT2D eigenvalue weighted by Crippen LogP contribution is 2.27. The number of hydrogen-bond donors (Lipinski definition) is 15. The molecule has 72 heavy (non-hydrogen) atoms. The SMILES string of the molecule is C[C@@H]1[C@H](O)[C@@H](C)/C=C/C=C/C=C/C=C/C=C/C=C/C=C/C(O[C@@H]2OC[C@@H](O)[C@H](N)[C@H]2O)C[C@@H](C(C(=O)NC(CO)(CO)CO)[C@@H](O)CCO)OCC[C@@H](O)C[C@@H](O)[C@H](O)CC[C@@H](O)C[C@@H](O)CC(=O)O[C@H]1C. The quantitative estimate of drug-likeness (QED) is 0.103. The number of cyclic esters (lactones) is 1. The van der Waals surface area contributed by atoms with E-state index in [4.69, 9.17) is 24.7 Å². The number of allylic oxidation sites excluding steroid dienone is 12. The molecule has 0 spiro atoms. The van der Waals surface area contributed by atoms with E-state index in [0.29, 0.717) is 0 Å². The summed E-state index contributed by atoms with van der Waals surface area (Å²) in [5, 5.41) is 139. The Balaban J connectivity index is 2.53. The first-order chi connectivity index (χ1) is 34.2. The van der Waals surface area contributed by atoms with Gasteiger partial charge in [0, 0.05) is 37.9 Å². The van der Waals surface area contributed by atoms with Crippen LogP contribution < -0.4 is 11.1 Å². The predicted octanol–water partition coefficient (Wildman–Crippen LogP) is -1.64. The smallest absolute Gasteiger partial charge is 0.308 e. The molecule has 21 nitrogen and oxygen atoms in total. The second-order valence-electron chi connectivity index (χ2n) is 18.7. The fourth-order valence-electron chi connectivity index (χ4n) is 7.82. The summed E-state index contributed by atoms with van der Waals surface area (Å²) >= 11 is 0. The van der Waals surface area contributed by atoms with Crippen LogP contribution in [-0.2, 0) is 28.5 Å². The second-order valence-corrected chi connectivity index (χ2v) is 18.7. The van der Waals surface area contributed by atoms with Crippen LogP contribution in [0, 0.1) is 17.8 Å². The molecule has 2 rings (SSSR count). The molecule has 2 unspecified atom stereocenters. The molecule has 2 aliphatic rings. The molecule has 0 aromatic rings. The van der Waals surface area contributed by atoms with Gasteiger partial charge in [0.05, 0.1) is 106 Å². The number of rotatable bonds is 11. The first-order valence-corrected chi connectivity index (χ1v) is 24.6. The maximum absolute atomic E-state index is 14.1. The number of ether oxygens (including phenoxy) is 4. The zero-order chi connectivity index (χ0) is 53.8. The number of nitrogens with one attached hydrogen (secondary N) is 1. The molecule has 2 heterocycles. The average Bonchev–Trinajstić information content (AvgIpc) is 3.33. The molecule has 2 aliphatic heterocycles. The van der Waals surface area contributed by atoms with Crippen LogP contribution in [0.3, 0.4) is 0 Å². The van der Waals surface area contributed by atoms with Crippen molar-refractivity contribution in [3.63, 3.8) is 0 Å². The van der Waals surface area contributed by atoms with Gasteiger partial charge in [-0.15, -0.1) is 0 Å². The summed E-state index contributed by atoms with van der Waals surface area (Å²) < 4.78 is 23.4. The Bertz CT molecular complexity index is 1730. The Morgan fingerprint density at radius 3 is 1.83 bits per heavy atom. The van der Waals surface area contributed by atoms with Gasteiger partial charge in [-0.2, -0.15) is 0 Å². The number of carbonyl (C=O) groups excluding carboxylic acids is 2. The molecule has 17 atom stereocenters. The van der Waals surface area contributed by atoms with Crippen LogP contribution in [0.1, 0.15) is 72.1 Å². The van der Waals surface area contributed by atoms with E-state index in [1.54, 1.807) is 86.8 Å². The maximum Gasteiger partial charge on any atom is 0.308 e. The van der Waals surface area contributed by atoms with Crippen molar-refractivity contribution in [3.8, 4) is 0 Å². The monoisotopic (exact) mass is 1030 g/mol. The molecule has 0 aromatic heterocycles. The lowest BCUT2D eigenvalue weighted by Gasteiger charge is -2.39. The molecule has 0 saturated carbocycles. The highest BCUT2D eigenvalue weighted by Gasteiger charge is 2.43. The van der Waals surface area contributed by atoms with Crippen LogP contribution in [0.2, 0.25) is 0 Å². The molecule has 1 amide bonds. The molecule has 21 heteroatoms. The van der Waals surface area contributed by atoms with Crippen molar-refractivity contribution in [2.45, 2.75) is 163 Å². The number of carbonyl (C=O) groups is 2. The van der Waals surface area contributed by atoms with Crippen molar-refractivity contribution in [1.29, 1.82) is 0 Å². The molecule has 0 aromatic carbocycles. The molecule has 1 fully saturated rings. The van der Waals surface area contributed by atoms with E-state index in [1.165, 1.54) is 6.08 Å². The standard InChI is InChI=1S/C51H84N2O19/c1-32-16-14-12-10-8-6-4-5-7-9-11-13-15-17-38(72-50-48(67)46(52)42(64)28-70-50)27-43(45(40(62)20-22-54)49(68)53-51(29-55,30-56)31-57)69-23-21-36(59)25-41(63)39(61)19-18-35(58)24-37(60)26-44(65)71-34(3)33(2)47(32)66/h4-17,32-43,45-48,50,54-64,66-67H,18-31,52H2,1-3H3,(H,53,68)/b5-4+,8-6+,9-7+,12-10+,13-11+,16-14+,17-15+/t32-,33-,34-,35+,36+,37+,38?,39+,40-,41+,42+,43-,45?,46-,47+,48+,50-/m0/s1. The summed E-state index contributed by atoms with van der Waals surface area (Å²) in [5.74, 6) is -4.13. The minimum absolute atomic E-state index is 0.0951. The van der Waals surface area contributed by atoms with Gasteiger partial charge in [0.15, 0.2) is 6.29 Å². The molecule has 0 bridgehead atoms. The van der Waals surface area contributed by atoms with Crippen LogP contribution in [0.4, 0.5) is 0 Å². The van der Waals surface area contributed by atoms with Gasteiger partial charge >= 0.3 is 5.97 Å². The normalized spacial score (nSPS) is 37.4. The third-order valence-corrected chi connectivity index (χ3v) is 12.7. The van der Waals surface area contributed by atoms with E-state index in [-0.39, 0.29) is 64.1 Å². The Morgan fingerprint density at radius 2 is 1.26 bits per heavy atom. The molecular formula is C51H84N2O19. The molecule has 0 aliphatic carbocycles. The van der Waals surface area contributed by atoms with Crippen molar-refractivity contribution in [2.24, 2.45) is 23.5 Å². The van der Waals surface area contributed by atoms with Crippen molar-refractivity contribution in [2.75, 3.05) is 39.6 Å². The van der Waals surface area contributed by atoms with Crippen molar-refractivity contribution < 1.29 is 94.9 Å². The minimum Gasteiger partial charge on any atom is -0.462 e. The van der Waals surface area contributed by atoms with Crippen LogP contribution in [0.25, 0.3) is 0 Å². The fraction of sp³-hybridized carbons (Fsp3) is 0.686.